The van der Waals surface area contributed by atoms with Gasteiger partial charge in [0.2, 0.25) is 0 Å². The molecule has 0 bridgehead atoms. The molecule has 0 aliphatic heterocycles. The lowest BCUT2D eigenvalue weighted by molar-refractivity contribution is 0.293. The third kappa shape index (κ3) is 4.33. The molecule has 1 aromatic carbocycles. The molecule has 0 saturated heterocycles. The first-order chi connectivity index (χ1) is 8.10. The molecule has 0 saturated carbocycles. The summed E-state index contributed by atoms with van der Waals surface area (Å²) in [5, 5.41) is 14.3. The minimum absolute atomic E-state index is 0.00921. The van der Waals surface area contributed by atoms with Gasteiger partial charge in [0.25, 0.3) is 0 Å². The fourth-order valence-electron chi connectivity index (χ4n) is 1.37. The average molecular weight is 258 g/mol. The number of aliphatic hydroxyl groups is 1. The summed E-state index contributed by atoms with van der Waals surface area (Å²) in [6.45, 7) is 0.758. The number of hydrogen-bond acceptors (Lipinski definition) is 5. The van der Waals surface area contributed by atoms with Crippen molar-refractivity contribution in [3.8, 4) is 0 Å². The minimum Gasteiger partial charge on any atom is -0.395 e. The third-order valence-electron chi connectivity index (χ3n) is 2.32. The van der Waals surface area contributed by atoms with Crippen LogP contribution in [-0.4, -0.2) is 46.0 Å². The third-order valence-corrected chi connectivity index (χ3v) is 4.03. The molecule has 96 valence electrons. The van der Waals surface area contributed by atoms with Crippen LogP contribution >= 0.6 is 0 Å². The molecule has 17 heavy (non-hydrogen) atoms. The number of sulfone groups is 1. The molecule has 0 unspecified atom stereocenters. The highest BCUT2D eigenvalue weighted by Gasteiger charge is 2.13. The Morgan fingerprint density at radius 3 is 2.71 bits per heavy atom. The molecule has 1 aromatic rings. The van der Waals surface area contributed by atoms with E-state index in [9.17, 15) is 8.42 Å². The number of nitrogens with one attached hydrogen (secondary N) is 2. The van der Waals surface area contributed by atoms with Gasteiger partial charge in [-0.2, -0.15) is 0 Å². The smallest absolute Gasteiger partial charge is 0.179 e. The fraction of sp³-hybridized carbons (Fsp3) is 0.455. The summed E-state index contributed by atoms with van der Waals surface area (Å²) in [4.78, 5) is 0.315. The summed E-state index contributed by atoms with van der Waals surface area (Å²) in [7, 11) is -1.51. The summed E-state index contributed by atoms with van der Waals surface area (Å²) >= 11 is 0. The Hall–Kier alpha value is -1.11. The summed E-state index contributed by atoms with van der Waals surface area (Å²) in [5.41, 5.74) is 0.773. The van der Waals surface area contributed by atoms with Gasteiger partial charge in [0.1, 0.15) is 0 Å². The highest BCUT2D eigenvalue weighted by atomic mass is 32.2. The second kappa shape index (κ2) is 6.58. The van der Waals surface area contributed by atoms with E-state index in [0.29, 0.717) is 18.0 Å². The largest absolute Gasteiger partial charge is 0.395 e. The van der Waals surface area contributed by atoms with E-state index in [0.717, 1.165) is 5.69 Å². The van der Waals surface area contributed by atoms with Crippen molar-refractivity contribution >= 4 is 15.5 Å². The van der Waals surface area contributed by atoms with E-state index in [1.54, 1.807) is 25.2 Å². The van der Waals surface area contributed by atoms with Crippen molar-refractivity contribution in [3.63, 3.8) is 0 Å². The predicted octanol–water partition coefficient (Wildman–Crippen LogP) is 0.0839. The molecule has 0 atom stereocenters. The Bertz CT molecular complexity index is 446. The Balaban J connectivity index is 2.68. The summed E-state index contributed by atoms with van der Waals surface area (Å²) in [6.07, 6.45) is 0. The Labute approximate surface area is 102 Å². The van der Waals surface area contributed by atoms with Gasteiger partial charge in [-0.25, -0.2) is 8.42 Å². The first kappa shape index (κ1) is 14.0. The van der Waals surface area contributed by atoms with Crippen LogP contribution in [0.25, 0.3) is 0 Å². The Kier molecular flexibility index (Phi) is 5.40. The van der Waals surface area contributed by atoms with Gasteiger partial charge in [-0.05, 0) is 18.2 Å². The molecule has 0 heterocycles. The second-order valence-corrected chi connectivity index (χ2v) is 5.68. The van der Waals surface area contributed by atoms with E-state index in [4.69, 9.17) is 5.11 Å². The van der Waals surface area contributed by atoms with Gasteiger partial charge in [-0.3, -0.25) is 0 Å². The maximum absolute atomic E-state index is 11.9. The molecule has 5 nitrogen and oxygen atoms in total. The number of anilines is 1. The maximum Gasteiger partial charge on any atom is 0.179 e. The topological polar surface area (TPSA) is 78.4 Å². The zero-order chi connectivity index (χ0) is 12.7. The van der Waals surface area contributed by atoms with E-state index >= 15 is 0 Å². The number of benzene rings is 1. The van der Waals surface area contributed by atoms with Crippen LogP contribution in [0.15, 0.2) is 29.2 Å². The van der Waals surface area contributed by atoms with Crippen molar-refractivity contribution in [2.75, 3.05) is 37.8 Å². The van der Waals surface area contributed by atoms with E-state index in [1.165, 1.54) is 0 Å². The van der Waals surface area contributed by atoms with Crippen LogP contribution in [0, 0.1) is 0 Å². The van der Waals surface area contributed by atoms with Crippen molar-refractivity contribution in [2.45, 2.75) is 4.90 Å². The highest BCUT2D eigenvalue weighted by Crippen LogP contribution is 2.15. The molecule has 0 fully saturated rings. The second-order valence-electron chi connectivity index (χ2n) is 3.57. The van der Waals surface area contributed by atoms with Gasteiger partial charge in [-0.15, -0.1) is 0 Å². The van der Waals surface area contributed by atoms with Crippen LogP contribution in [0.3, 0.4) is 0 Å². The Morgan fingerprint density at radius 1 is 1.29 bits per heavy atom. The molecular weight excluding hydrogens is 240 g/mol. The standard InChI is InChI=1S/C11H18N2O3S/c1-12-10-3-2-4-11(9-10)17(15,16)8-6-13-5-7-14/h2-4,9,12-14H,5-8H2,1H3. The first-order valence-electron chi connectivity index (χ1n) is 5.42. The zero-order valence-corrected chi connectivity index (χ0v) is 10.6. The summed E-state index contributed by atoms with van der Waals surface area (Å²) < 4.78 is 23.9. The van der Waals surface area contributed by atoms with Crippen molar-refractivity contribution in [1.82, 2.24) is 5.32 Å². The molecule has 0 radical (unpaired) electrons. The molecule has 1 rings (SSSR count). The van der Waals surface area contributed by atoms with Crippen molar-refractivity contribution in [3.05, 3.63) is 24.3 Å². The molecule has 0 spiro atoms. The first-order valence-corrected chi connectivity index (χ1v) is 7.07. The molecule has 0 aromatic heterocycles. The summed E-state index contributed by atoms with van der Waals surface area (Å²) in [6, 6.07) is 6.71. The fourth-order valence-corrected chi connectivity index (χ4v) is 2.61. The van der Waals surface area contributed by atoms with Crippen LogP contribution in [0.2, 0.25) is 0 Å². The molecule has 0 aliphatic carbocycles. The zero-order valence-electron chi connectivity index (χ0n) is 9.81. The molecular formula is C11H18N2O3S. The lowest BCUT2D eigenvalue weighted by Crippen LogP contribution is -2.25. The lowest BCUT2D eigenvalue weighted by Gasteiger charge is -2.07. The van der Waals surface area contributed by atoms with Crippen LogP contribution in [-0.2, 0) is 9.84 Å². The Morgan fingerprint density at radius 2 is 2.06 bits per heavy atom. The maximum atomic E-state index is 11.9. The lowest BCUT2D eigenvalue weighted by atomic mass is 10.3. The van der Waals surface area contributed by atoms with Crippen LogP contribution in [0.1, 0.15) is 0 Å². The number of hydrogen-bond donors (Lipinski definition) is 3. The highest BCUT2D eigenvalue weighted by molar-refractivity contribution is 7.91. The van der Waals surface area contributed by atoms with Gasteiger partial charge in [0.05, 0.1) is 17.3 Å². The average Bonchev–Trinajstić information content (AvgIpc) is 2.35. The molecule has 0 amide bonds. The quantitative estimate of drug-likeness (QED) is 0.604. The van der Waals surface area contributed by atoms with Gasteiger partial charge < -0.3 is 15.7 Å². The predicted molar refractivity (Wildman–Crippen MR) is 68.0 cm³/mol. The SMILES string of the molecule is CNc1cccc(S(=O)(=O)CCNCCO)c1. The van der Waals surface area contributed by atoms with Gasteiger partial charge >= 0.3 is 0 Å². The molecule has 3 N–H and O–H groups in total. The normalized spacial score (nSPS) is 11.4. The van der Waals surface area contributed by atoms with Gasteiger partial charge in [0, 0.05) is 25.8 Å². The van der Waals surface area contributed by atoms with E-state index in [1.807, 2.05) is 6.07 Å². The van der Waals surface area contributed by atoms with Crippen molar-refractivity contribution in [1.29, 1.82) is 0 Å². The monoisotopic (exact) mass is 258 g/mol. The molecule has 0 aliphatic rings. The van der Waals surface area contributed by atoms with Gasteiger partial charge in [-0.1, -0.05) is 6.07 Å². The van der Waals surface area contributed by atoms with Crippen molar-refractivity contribution in [2.24, 2.45) is 0 Å². The number of rotatable bonds is 7. The summed E-state index contributed by atoms with van der Waals surface area (Å²) in [5.74, 6) is 0.0279. The van der Waals surface area contributed by atoms with E-state index in [2.05, 4.69) is 10.6 Å². The van der Waals surface area contributed by atoms with Gasteiger partial charge in [0.15, 0.2) is 9.84 Å². The van der Waals surface area contributed by atoms with E-state index < -0.39 is 9.84 Å². The number of aliphatic hydroxyl groups excluding tert-OH is 1. The van der Waals surface area contributed by atoms with Crippen LogP contribution in [0.5, 0.6) is 0 Å². The molecule has 6 heteroatoms. The van der Waals surface area contributed by atoms with Crippen molar-refractivity contribution < 1.29 is 13.5 Å². The van der Waals surface area contributed by atoms with E-state index in [-0.39, 0.29) is 12.4 Å². The van der Waals surface area contributed by atoms with Crippen LogP contribution in [0.4, 0.5) is 5.69 Å². The minimum atomic E-state index is -3.26. The van der Waals surface area contributed by atoms with Crippen LogP contribution < -0.4 is 10.6 Å².